The summed E-state index contributed by atoms with van der Waals surface area (Å²) in [6.07, 6.45) is 3.85. The van der Waals surface area contributed by atoms with Crippen LogP contribution in [0.5, 0.6) is 0 Å². The van der Waals surface area contributed by atoms with E-state index in [-0.39, 0.29) is 23.7 Å². The lowest BCUT2D eigenvalue weighted by molar-refractivity contribution is -0.122. The minimum absolute atomic E-state index is 0.0984. The summed E-state index contributed by atoms with van der Waals surface area (Å²) < 4.78 is 12.9. The van der Waals surface area contributed by atoms with E-state index in [9.17, 15) is 14.0 Å². The summed E-state index contributed by atoms with van der Waals surface area (Å²) in [7, 11) is 0. The highest BCUT2D eigenvalue weighted by Gasteiger charge is 2.26. The summed E-state index contributed by atoms with van der Waals surface area (Å²) in [6.45, 7) is 2.04. The largest absolute Gasteiger partial charge is 0.352 e. The monoisotopic (exact) mass is 319 g/mol. The Labute approximate surface area is 135 Å². The van der Waals surface area contributed by atoms with Crippen LogP contribution in [0.15, 0.2) is 24.3 Å². The van der Waals surface area contributed by atoms with Gasteiger partial charge in [-0.2, -0.15) is 0 Å². The van der Waals surface area contributed by atoms with E-state index >= 15 is 0 Å². The maximum atomic E-state index is 12.9. The van der Waals surface area contributed by atoms with Crippen molar-refractivity contribution in [3.63, 3.8) is 0 Å². The van der Waals surface area contributed by atoms with Crippen molar-refractivity contribution in [2.24, 2.45) is 0 Å². The van der Waals surface area contributed by atoms with Gasteiger partial charge in [-0.05, 0) is 49.9 Å². The Hall–Kier alpha value is -1.95. The molecule has 6 heteroatoms. The van der Waals surface area contributed by atoms with Crippen molar-refractivity contribution in [2.45, 2.75) is 37.8 Å². The molecule has 1 saturated carbocycles. The predicted molar refractivity (Wildman–Crippen MR) is 84.5 cm³/mol. The van der Waals surface area contributed by atoms with Crippen molar-refractivity contribution in [1.82, 2.24) is 15.5 Å². The molecule has 2 aliphatic rings. The Morgan fingerprint density at radius 2 is 1.61 bits per heavy atom. The van der Waals surface area contributed by atoms with Gasteiger partial charge in [-0.3, -0.25) is 14.5 Å². The Morgan fingerprint density at radius 3 is 2.22 bits per heavy atom. The first-order valence-corrected chi connectivity index (χ1v) is 8.18. The zero-order valence-corrected chi connectivity index (χ0v) is 13.1. The van der Waals surface area contributed by atoms with Crippen LogP contribution < -0.4 is 10.6 Å². The van der Waals surface area contributed by atoms with Crippen LogP contribution >= 0.6 is 0 Å². The lowest BCUT2D eigenvalue weighted by Gasteiger charge is -2.31. The summed E-state index contributed by atoms with van der Waals surface area (Å²) in [5, 5.41) is 5.97. The van der Waals surface area contributed by atoms with Crippen LogP contribution in [0.4, 0.5) is 4.39 Å². The fourth-order valence-corrected chi connectivity index (χ4v) is 2.81. The topological polar surface area (TPSA) is 61.4 Å². The van der Waals surface area contributed by atoms with Gasteiger partial charge >= 0.3 is 0 Å². The van der Waals surface area contributed by atoms with Gasteiger partial charge in [0, 0.05) is 30.7 Å². The fraction of sp³-hybridized carbons (Fsp3) is 0.529. The summed E-state index contributed by atoms with van der Waals surface area (Å²) in [5.41, 5.74) is 0.470. The van der Waals surface area contributed by atoms with E-state index < -0.39 is 0 Å². The van der Waals surface area contributed by atoms with Crippen LogP contribution in [0, 0.1) is 5.82 Å². The molecule has 0 aromatic heterocycles. The van der Waals surface area contributed by atoms with Crippen LogP contribution in [0.2, 0.25) is 0 Å². The molecule has 0 unspecified atom stereocenters. The van der Waals surface area contributed by atoms with Crippen molar-refractivity contribution in [2.75, 3.05) is 19.6 Å². The standard InChI is InChI=1S/C17H22FN3O2/c18-13-3-1-12(2-4-13)17(23)20-15-7-9-21(10-8-15)11-16(22)19-14-5-6-14/h1-4,14-15H,5-11H2,(H,19,22)(H,20,23). The van der Waals surface area contributed by atoms with Gasteiger partial charge in [0.1, 0.15) is 5.82 Å². The maximum Gasteiger partial charge on any atom is 0.251 e. The van der Waals surface area contributed by atoms with E-state index in [1.807, 2.05) is 0 Å². The molecule has 1 heterocycles. The van der Waals surface area contributed by atoms with Gasteiger partial charge in [0.15, 0.2) is 0 Å². The average Bonchev–Trinajstić information content (AvgIpc) is 3.33. The summed E-state index contributed by atoms with van der Waals surface area (Å²) in [6, 6.07) is 6.06. The van der Waals surface area contributed by atoms with Crippen LogP contribution in [-0.2, 0) is 4.79 Å². The highest BCUT2D eigenvalue weighted by molar-refractivity contribution is 5.94. The number of nitrogens with one attached hydrogen (secondary N) is 2. The highest BCUT2D eigenvalue weighted by atomic mass is 19.1. The van der Waals surface area contributed by atoms with Crippen LogP contribution in [0.3, 0.4) is 0 Å². The minimum Gasteiger partial charge on any atom is -0.352 e. The number of carbonyl (C=O) groups is 2. The van der Waals surface area contributed by atoms with Crippen molar-refractivity contribution in [1.29, 1.82) is 0 Å². The number of benzene rings is 1. The van der Waals surface area contributed by atoms with Crippen LogP contribution in [0.25, 0.3) is 0 Å². The highest BCUT2D eigenvalue weighted by Crippen LogP contribution is 2.18. The number of nitrogens with zero attached hydrogens (tertiary/aromatic N) is 1. The lowest BCUT2D eigenvalue weighted by Crippen LogP contribution is -2.47. The molecule has 0 spiro atoms. The number of likely N-dealkylation sites (tertiary alicyclic amines) is 1. The second-order valence-corrected chi connectivity index (χ2v) is 6.37. The summed E-state index contributed by atoms with van der Waals surface area (Å²) in [4.78, 5) is 26.0. The minimum atomic E-state index is -0.348. The Bertz CT molecular complexity index is 564. The van der Waals surface area contributed by atoms with E-state index in [0.717, 1.165) is 38.8 Å². The Morgan fingerprint density at radius 1 is 1.00 bits per heavy atom. The fourth-order valence-electron chi connectivity index (χ4n) is 2.81. The van der Waals surface area contributed by atoms with Crippen molar-refractivity contribution < 1.29 is 14.0 Å². The molecule has 1 aliphatic heterocycles. The molecule has 2 fully saturated rings. The summed E-state index contributed by atoms with van der Waals surface area (Å²) >= 11 is 0. The molecule has 0 radical (unpaired) electrons. The molecule has 1 aromatic rings. The SMILES string of the molecule is O=C(CN1CCC(NC(=O)c2ccc(F)cc2)CC1)NC1CC1. The quantitative estimate of drug-likeness (QED) is 0.860. The molecule has 124 valence electrons. The number of halogens is 1. The average molecular weight is 319 g/mol. The molecule has 0 atom stereocenters. The number of carbonyl (C=O) groups excluding carboxylic acids is 2. The number of hydrogen-bond acceptors (Lipinski definition) is 3. The molecule has 2 amide bonds. The second-order valence-electron chi connectivity index (χ2n) is 6.37. The number of amides is 2. The van der Waals surface area contributed by atoms with Crippen molar-refractivity contribution >= 4 is 11.8 Å². The third-order valence-corrected chi connectivity index (χ3v) is 4.34. The zero-order chi connectivity index (χ0) is 16.2. The maximum absolute atomic E-state index is 12.9. The summed E-state index contributed by atoms with van der Waals surface area (Å²) in [5.74, 6) is -0.421. The third-order valence-electron chi connectivity index (χ3n) is 4.34. The molecular weight excluding hydrogens is 297 g/mol. The normalized spacial score (nSPS) is 19.3. The Balaban J connectivity index is 1.40. The first-order chi connectivity index (χ1) is 11.1. The number of piperidine rings is 1. The van der Waals surface area contributed by atoms with Crippen LogP contribution in [0.1, 0.15) is 36.0 Å². The van der Waals surface area contributed by atoms with E-state index in [4.69, 9.17) is 0 Å². The Kier molecular flexibility index (Phi) is 4.91. The van der Waals surface area contributed by atoms with Crippen molar-refractivity contribution in [3.05, 3.63) is 35.6 Å². The molecule has 3 rings (SSSR count). The lowest BCUT2D eigenvalue weighted by atomic mass is 10.0. The van der Waals surface area contributed by atoms with Crippen LogP contribution in [-0.4, -0.2) is 48.4 Å². The molecule has 23 heavy (non-hydrogen) atoms. The molecule has 1 aromatic carbocycles. The molecular formula is C17H22FN3O2. The first-order valence-electron chi connectivity index (χ1n) is 8.18. The van der Waals surface area contributed by atoms with E-state index in [2.05, 4.69) is 15.5 Å². The van der Waals surface area contributed by atoms with Gasteiger partial charge in [0.25, 0.3) is 5.91 Å². The van der Waals surface area contributed by atoms with Gasteiger partial charge < -0.3 is 10.6 Å². The van der Waals surface area contributed by atoms with Gasteiger partial charge in [0.2, 0.25) is 5.91 Å². The smallest absolute Gasteiger partial charge is 0.251 e. The second kappa shape index (κ2) is 7.08. The van der Waals surface area contributed by atoms with Crippen molar-refractivity contribution in [3.8, 4) is 0 Å². The number of hydrogen-bond donors (Lipinski definition) is 2. The van der Waals surface area contributed by atoms with E-state index in [1.165, 1.54) is 24.3 Å². The van der Waals surface area contributed by atoms with Gasteiger partial charge in [0.05, 0.1) is 6.54 Å². The van der Waals surface area contributed by atoms with Gasteiger partial charge in [-0.1, -0.05) is 0 Å². The predicted octanol–water partition coefficient (Wildman–Crippen LogP) is 1.30. The zero-order valence-electron chi connectivity index (χ0n) is 13.1. The molecule has 5 nitrogen and oxygen atoms in total. The molecule has 2 N–H and O–H groups in total. The molecule has 0 bridgehead atoms. The first kappa shape index (κ1) is 15.9. The van der Waals surface area contributed by atoms with Gasteiger partial charge in [-0.25, -0.2) is 4.39 Å². The van der Waals surface area contributed by atoms with E-state index in [0.29, 0.717) is 18.2 Å². The molecule has 1 saturated heterocycles. The van der Waals surface area contributed by atoms with Gasteiger partial charge in [-0.15, -0.1) is 0 Å². The van der Waals surface area contributed by atoms with E-state index in [1.54, 1.807) is 0 Å². The number of rotatable bonds is 5. The molecule has 1 aliphatic carbocycles. The third kappa shape index (κ3) is 4.76.